The number of fused-ring (bicyclic) bond motifs is 3. The van der Waals surface area contributed by atoms with Gasteiger partial charge in [0.25, 0.3) is 5.56 Å². The molecule has 0 spiro atoms. The van der Waals surface area contributed by atoms with Crippen LogP contribution in [-0.4, -0.2) is 27.4 Å². The monoisotopic (exact) mass is 275 g/mol. The highest BCUT2D eigenvalue weighted by Crippen LogP contribution is 2.25. The highest BCUT2D eigenvalue weighted by Gasteiger charge is 2.11. The van der Waals surface area contributed by atoms with Crippen LogP contribution in [-0.2, 0) is 6.54 Å². The number of aromatic amines is 1. The number of hydrogen-bond donors (Lipinski definition) is 2. The zero-order chi connectivity index (χ0) is 13.4. The van der Waals surface area contributed by atoms with Gasteiger partial charge in [-0.2, -0.15) is 12.6 Å². The second-order valence-corrected chi connectivity index (χ2v) is 4.67. The molecular formula is C13H13N3O2S. The third-order valence-electron chi connectivity index (χ3n) is 3.12. The molecule has 0 aliphatic heterocycles. The van der Waals surface area contributed by atoms with Crippen molar-refractivity contribution < 1.29 is 4.74 Å². The quantitative estimate of drug-likeness (QED) is 0.717. The van der Waals surface area contributed by atoms with Crippen LogP contribution in [0.5, 0.6) is 5.75 Å². The Kier molecular flexibility index (Phi) is 2.94. The third-order valence-corrected chi connectivity index (χ3v) is 3.32. The first kappa shape index (κ1) is 12.1. The molecule has 0 fully saturated rings. The molecule has 6 heteroatoms. The predicted octanol–water partition coefficient (Wildman–Crippen LogP) is 1.82. The van der Waals surface area contributed by atoms with E-state index in [9.17, 15) is 4.79 Å². The van der Waals surface area contributed by atoms with Gasteiger partial charge in [-0.1, -0.05) is 0 Å². The van der Waals surface area contributed by atoms with Gasteiger partial charge in [0.05, 0.1) is 19.0 Å². The molecule has 0 bridgehead atoms. The molecule has 0 saturated carbocycles. The summed E-state index contributed by atoms with van der Waals surface area (Å²) in [4.78, 5) is 19.7. The second-order valence-electron chi connectivity index (χ2n) is 4.23. The zero-order valence-corrected chi connectivity index (χ0v) is 11.3. The molecule has 2 aromatic heterocycles. The molecule has 3 aromatic rings. The van der Waals surface area contributed by atoms with Crippen LogP contribution in [0.3, 0.4) is 0 Å². The van der Waals surface area contributed by atoms with Gasteiger partial charge >= 0.3 is 0 Å². The number of H-pyrrole nitrogens is 1. The van der Waals surface area contributed by atoms with Gasteiger partial charge < -0.3 is 9.72 Å². The molecule has 1 N–H and O–H groups in total. The van der Waals surface area contributed by atoms with Crippen molar-refractivity contribution in [1.82, 2.24) is 14.5 Å². The predicted molar refractivity (Wildman–Crippen MR) is 78.3 cm³/mol. The molecule has 1 aromatic carbocycles. The maximum atomic E-state index is 12.3. The van der Waals surface area contributed by atoms with E-state index in [1.54, 1.807) is 18.0 Å². The van der Waals surface area contributed by atoms with Gasteiger partial charge in [0.15, 0.2) is 0 Å². The Morgan fingerprint density at radius 3 is 3.05 bits per heavy atom. The molecule has 0 atom stereocenters. The van der Waals surface area contributed by atoms with Crippen LogP contribution in [0.1, 0.15) is 0 Å². The Labute approximate surface area is 114 Å². The van der Waals surface area contributed by atoms with Crippen molar-refractivity contribution in [3.8, 4) is 5.75 Å². The molecular weight excluding hydrogens is 262 g/mol. The van der Waals surface area contributed by atoms with E-state index in [2.05, 4.69) is 22.6 Å². The van der Waals surface area contributed by atoms with Crippen LogP contribution in [0, 0.1) is 0 Å². The third kappa shape index (κ3) is 1.88. The summed E-state index contributed by atoms with van der Waals surface area (Å²) in [5.74, 6) is 1.34. The van der Waals surface area contributed by atoms with E-state index in [1.165, 1.54) is 0 Å². The van der Waals surface area contributed by atoms with Crippen molar-refractivity contribution in [3.05, 3.63) is 34.9 Å². The lowest BCUT2D eigenvalue weighted by Crippen LogP contribution is -2.21. The zero-order valence-electron chi connectivity index (χ0n) is 10.4. The van der Waals surface area contributed by atoms with E-state index in [0.29, 0.717) is 23.3 Å². The molecule has 0 saturated heterocycles. The van der Waals surface area contributed by atoms with Crippen molar-refractivity contribution in [2.45, 2.75) is 6.54 Å². The number of hydrogen-bond acceptors (Lipinski definition) is 4. The summed E-state index contributed by atoms with van der Waals surface area (Å²) in [7, 11) is 1.61. The standard InChI is InChI=1S/C13H13N3O2S/c1-18-8-2-3-9-10(6-8)15-12-11(9)14-7-16(4-5-19)13(12)17/h2-3,6-7,15,19H,4-5H2,1H3. The first-order valence-electron chi connectivity index (χ1n) is 5.90. The lowest BCUT2D eigenvalue weighted by Gasteiger charge is -2.01. The van der Waals surface area contributed by atoms with Crippen LogP contribution in [0.15, 0.2) is 29.3 Å². The Morgan fingerprint density at radius 2 is 2.32 bits per heavy atom. The van der Waals surface area contributed by atoms with Gasteiger partial charge in [-0.25, -0.2) is 4.98 Å². The van der Waals surface area contributed by atoms with Crippen LogP contribution < -0.4 is 10.3 Å². The number of nitrogens with zero attached hydrogens (tertiary/aromatic N) is 2. The highest BCUT2D eigenvalue weighted by molar-refractivity contribution is 7.80. The van der Waals surface area contributed by atoms with Crippen molar-refractivity contribution in [1.29, 1.82) is 0 Å². The summed E-state index contributed by atoms with van der Waals surface area (Å²) in [6.45, 7) is 0.545. The number of benzene rings is 1. The number of ether oxygens (including phenoxy) is 1. The Balaban J connectivity index is 2.33. The van der Waals surface area contributed by atoms with Crippen LogP contribution in [0.25, 0.3) is 21.9 Å². The minimum Gasteiger partial charge on any atom is -0.497 e. The second kappa shape index (κ2) is 4.62. The normalized spacial score (nSPS) is 11.3. The SMILES string of the molecule is COc1ccc2c(c1)[nH]c1c(=O)n(CCS)cnc12. The molecule has 0 amide bonds. The summed E-state index contributed by atoms with van der Waals surface area (Å²) >= 11 is 4.14. The van der Waals surface area contributed by atoms with Gasteiger partial charge in [0, 0.05) is 23.8 Å². The molecule has 0 radical (unpaired) electrons. The molecule has 98 valence electrons. The molecule has 3 rings (SSSR count). The largest absolute Gasteiger partial charge is 0.497 e. The summed E-state index contributed by atoms with van der Waals surface area (Å²) < 4.78 is 6.73. The van der Waals surface area contributed by atoms with Crippen LogP contribution in [0.2, 0.25) is 0 Å². The van der Waals surface area contributed by atoms with Gasteiger partial charge in [0.1, 0.15) is 16.8 Å². The summed E-state index contributed by atoms with van der Waals surface area (Å²) in [6.07, 6.45) is 1.57. The number of rotatable bonds is 3. The first-order chi connectivity index (χ1) is 9.24. The van der Waals surface area contributed by atoms with Gasteiger partial charge in [-0.05, 0) is 12.1 Å². The molecule has 2 heterocycles. The fourth-order valence-electron chi connectivity index (χ4n) is 2.17. The lowest BCUT2D eigenvalue weighted by molar-refractivity contribution is 0.415. The average Bonchev–Trinajstić information content (AvgIpc) is 2.80. The molecule has 19 heavy (non-hydrogen) atoms. The molecule has 0 aliphatic carbocycles. The Bertz CT molecular complexity index is 807. The minimum atomic E-state index is -0.0748. The van der Waals surface area contributed by atoms with Crippen molar-refractivity contribution in [3.63, 3.8) is 0 Å². The number of aryl methyl sites for hydroxylation is 1. The number of nitrogens with one attached hydrogen (secondary N) is 1. The molecule has 0 aliphatic rings. The van der Waals surface area contributed by atoms with E-state index in [-0.39, 0.29) is 5.56 Å². The fraction of sp³-hybridized carbons (Fsp3) is 0.231. The first-order valence-corrected chi connectivity index (χ1v) is 6.53. The van der Waals surface area contributed by atoms with E-state index in [1.807, 2.05) is 18.2 Å². The molecule has 5 nitrogen and oxygen atoms in total. The topological polar surface area (TPSA) is 59.9 Å². The lowest BCUT2D eigenvalue weighted by atomic mass is 10.2. The molecule has 0 unspecified atom stereocenters. The summed E-state index contributed by atoms with van der Waals surface area (Å²) in [5.41, 5.74) is 1.99. The highest BCUT2D eigenvalue weighted by atomic mass is 32.1. The summed E-state index contributed by atoms with van der Waals surface area (Å²) in [6, 6.07) is 5.62. The minimum absolute atomic E-state index is 0.0748. The van der Waals surface area contributed by atoms with E-state index in [0.717, 1.165) is 16.7 Å². The van der Waals surface area contributed by atoms with E-state index < -0.39 is 0 Å². The van der Waals surface area contributed by atoms with Gasteiger partial charge in [-0.3, -0.25) is 9.36 Å². The van der Waals surface area contributed by atoms with Gasteiger partial charge in [0.2, 0.25) is 0 Å². The maximum absolute atomic E-state index is 12.3. The number of aromatic nitrogens is 3. The van der Waals surface area contributed by atoms with Crippen molar-refractivity contribution >= 4 is 34.6 Å². The average molecular weight is 275 g/mol. The summed E-state index contributed by atoms with van der Waals surface area (Å²) in [5, 5.41) is 0.922. The number of thiol groups is 1. The maximum Gasteiger partial charge on any atom is 0.277 e. The van der Waals surface area contributed by atoms with Gasteiger partial charge in [-0.15, -0.1) is 0 Å². The van der Waals surface area contributed by atoms with Crippen molar-refractivity contribution in [2.75, 3.05) is 12.9 Å². The number of methoxy groups -OCH3 is 1. The van der Waals surface area contributed by atoms with Crippen molar-refractivity contribution in [2.24, 2.45) is 0 Å². The van der Waals surface area contributed by atoms with Crippen LogP contribution >= 0.6 is 12.6 Å². The Hall–Kier alpha value is -1.95. The van der Waals surface area contributed by atoms with Crippen LogP contribution in [0.4, 0.5) is 0 Å². The van der Waals surface area contributed by atoms with E-state index in [4.69, 9.17) is 4.74 Å². The Morgan fingerprint density at radius 1 is 1.47 bits per heavy atom. The smallest absolute Gasteiger partial charge is 0.277 e. The fourth-order valence-corrected chi connectivity index (χ4v) is 2.38. The van der Waals surface area contributed by atoms with E-state index >= 15 is 0 Å².